The largest absolute Gasteiger partial charge is 0.481 e. The normalized spacial score (nSPS) is 10.0. The minimum atomic E-state index is -0.301. The van der Waals surface area contributed by atoms with E-state index in [0.717, 1.165) is 0 Å². The smallest absolute Gasteiger partial charge is 0.291 e. The first-order valence-corrected chi connectivity index (χ1v) is 5.07. The molecule has 88 valence electrons. The molecule has 0 bridgehead atoms. The average molecular weight is 232 g/mol. The maximum absolute atomic E-state index is 11.7. The van der Waals surface area contributed by atoms with E-state index >= 15 is 0 Å². The van der Waals surface area contributed by atoms with Crippen molar-refractivity contribution in [2.75, 3.05) is 12.4 Å². The summed E-state index contributed by atoms with van der Waals surface area (Å²) in [5, 5.41) is 2.67. The van der Waals surface area contributed by atoms with Crippen LogP contribution in [0, 0.1) is 6.92 Å². The fourth-order valence-electron chi connectivity index (χ4n) is 1.32. The van der Waals surface area contributed by atoms with Crippen LogP contribution in [0.1, 0.15) is 16.3 Å². The molecule has 5 nitrogen and oxygen atoms in total. The van der Waals surface area contributed by atoms with Crippen LogP contribution in [-0.4, -0.2) is 18.0 Å². The Kier molecular flexibility index (Phi) is 3.09. The molecule has 0 radical (unpaired) electrons. The third-order valence-electron chi connectivity index (χ3n) is 2.17. The van der Waals surface area contributed by atoms with Crippen molar-refractivity contribution in [3.63, 3.8) is 0 Å². The van der Waals surface area contributed by atoms with Gasteiger partial charge in [-0.25, -0.2) is 4.98 Å². The van der Waals surface area contributed by atoms with Gasteiger partial charge in [-0.2, -0.15) is 0 Å². The van der Waals surface area contributed by atoms with Crippen LogP contribution in [0.5, 0.6) is 5.88 Å². The van der Waals surface area contributed by atoms with Crippen LogP contribution < -0.4 is 10.1 Å². The molecular weight excluding hydrogens is 220 g/mol. The molecule has 1 amide bonds. The van der Waals surface area contributed by atoms with Crippen molar-refractivity contribution in [2.24, 2.45) is 0 Å². The Hall–Kier alpha value is -2.30. The van der Waals surface area contributed by atoms with Crippen LogP contribution >= 0.6 is 0 Å². The van der Waals surface area contributed by atoms with Crippen molar-refractivity contribution in [1.29, 1.82) is 0 Å². The first-order chi connectivity index (χ1) is 8.19. The molecule has 2 aromatic rings. The molecular formula is C12H12N2O3. The summed E-state index contributed by atoms with van der Waals surface area (Å²) in [6.07, 6.45) is 1.52. The van der Waals surface area contributed by atoms with E-state index < -0.39 is 0 Å². The Morgan fingerprint density at radius 2 is 2.18 bits per heavy atom. The molecule has 0 saturated carbocycles. The Bertz CT molecular complexity index is 517. The standard InChI is InChI=1S/C12H12N2O3/c1-8-3-5-10(17-8)12(15)14-9-4-6-11(16-2)13-7-9/h3-7H,1-2H3,(H,14,15). The third kappa shape index (κ3) is 2.63. The van der Waals surface area contributed by atoms with Crippen molar-refractivity contribution < 1.29 is 13.9 Å². The molecule has 0 aromatic carbocycles. The number of anilines is 1. The van der Waals surface area contributed by atoms with E-state index in [2.05, 4.69) is 10.3 Å². The van der Waals surface area contributed by atoms with Gasteiger partial charge in [-0.1, -0.05) is 0 Å². The Morgan fingerprint density at radius 3 is 2.71 bits per heavy atom. The first-order valence-electron chi connectivity index (χ1n) is 5.07. The summed E-state index contributed by atoms with van der Waals surface area (Å²) in [7, 11) is 1.53. The summed E-state index contributed by atoms with van der Waals surface area (Å²) in [6.45, 7) is 1.78. The van der Waals surface area contributed by atoms with E-state index in [1.54, 1.807) is 31.2 Å². The van der Waals surface area contributed by atoms with Gasteiger partial charge < -0.3 is 14.5 Å². The molecule has 2 aromatic heterocycles. The number of hydrogen-bond donors (Lipinski definition) is 1. The number of hydrogen-bond acceptors (Lipinski definition) is 4. The molecule has 0 atom stereocenters. The second-order valence-corrected chi connectivity index (χ2v) is 3.45. The molecule has 0 fully saturated rings. The second kappa shape index (κ2) is 4.69. The maximum Gasteiger partial charge on any atom is 0.291 e. The number of nitrogens with one attached hydrogen (secondary N) is 1. The topological polar surface area (TPSA) is 64.4 Å². The van der Waals surface area contributed by atoms with E-state index in [1.165, 1.54) is 13.3 Å². The monoisotopic (exact) mass is 232 g/mol. The lowest BCUT2D eigenvalue weighted by Crippen LogP contribution is -2.10. The summed E-state index contributed by atoms with van der Waals surface area (Å²) in [6, 6.07) is 6.74. The van der Waals surface area contributed by atoms with Gasteiger partial charge in [-0.05, 0) is 25.1 Å². The number of rotatable bonds is 3. The molecule has 0 unspecified atom stereocenters. The number of carbonyl (C=O) groups is 1. The highest BCUT2D eigenvalue weighted by molar-refractivity contribution is 6.02. The van der Waals surface area contributed by atoms with Crippen LogP contribution in [0.2, 0.25) is 0 Å². The number of pyridine rings is 1. The number of nitrogens with zero attached hydrogens (tertiary/aromatic N) is 1. The maximum atomic E-state index is 11.7. The number of aryl methyl sites for hydroxylation is 1. The summed E-state index contributed by atoms with van der Waals surface area (Å²) in [5.74, 6) is 1.17. The Balaban J connectivity index is 2.07. The van der Waals surface area contributed by atoms with Crippen LogP contribution in [0.3, 0.4) is 0 Å². The molecule has 0 aliphatic rings. The number of ether oxygens (including phenoxy) is 1. The summed E-state index contributed by atoms with van der Waals surface area (Å²) >= 11 is 0. The number of amides is 1. The van der Waals surface area contributed by atoms with Gasteiger partial charge >= 0.3 is 0 Å². The second-order valence-electron chi connectivity index (χ2n) is 3.45. The van der Waals surface area contributed by atoms with Crippen molar-refractivity contribution in [3.05, 3.63) is 42.0 Å². The number of methoxy groups -OCH3 is 1. The van der Waals surface area contributed by atoms with Crippen molar-refractivity contribution in [2.45, 2.75) is 6.92 Å². The van der Waals surface area contributed by atoms with Gasteiger partial charge in [0.2, 0.25) is 5.88 Å². The summed E-state index contributed by atoms with van der Waals surface area (Å²) < 4.78 is 10.1. The van der Waals surface area contributed by atoms with Crippen molar-refractivity contribution in [1.82, 2.24) is 4.98 Å². The van der Waals surface area contributed by atoms with Crippen molar-refractivity contribution in [3.8, 4) is 5.88 Å². The highest BCUT2D eigenvalue weighted by atomic mass is 16.5. The van der Waals surface area contributed by atoms with Gasteiger partial charge in [0.05, 0.1) is 19.0 Å². The number of aromatic nitrogens is 1. The van der Waals surface area contributed by atoms with Crippen LogP contribution in [0.15, 0.2) is 34.9 Å². The third-order valence-corrected chi connectivity index (χ3v) is 2.17. The fourth-order valence-corrected chi connectivity index (χ4v) is 1.32. The molecule has 2 heterocycles. The highest BCUT2D eigenvalue weighted by Crippen LogP contribution is 2.13. The Labute approximate surface area is 98.4 Å². The highest BCUT2D eigenvalue weighted by Gasteiger charge is 2.10. The van der Waals surface area contributed by atoms with E-state index in [0.29, 0.717) is 17.3 Å². The molecule has 0 saturated heterocycles. The Morgan fingerprint density at radius 1 is 1.35 bits per heavy atom. The quantitative estimate of drug-likeness (QED) is 0.881. The van der Waals surface area contributed by atoms with Gasteiger partial charge in [-0.3, -0.25) is 4.79 Å². The van der Waals surface area contributed by atoms with Gasteiger partial charge in [0.1, 0.15) is 5.76 Å². The van der Waals surface area contributed by atoms with E-state index in [4.69, 9.17) is 9.15 Å². The molecule has 0 aliphatic carbocycles. The van der Waals surface area contributed by atoms with E-state index in [9.17, 15) is 4.79 Å². The lowest BCUT2D eigenvalue weighted by Gasteiger charge is -2.03. The molecule has 0 spiro atoms. The van der Waals surface area contributed by atoms with Crippen LogP contribution in [0.25, 0.3) is 0 Å². The van der Waals surface area contributed by atoms with Gasteiger partial charge in [0, 0.05) is 6.07 Å². The zero-order valence-corrected chi connectivity index (χ0v) is 9.56. The predicted molar refractivity (Wildman–Crippen MR) is 62.2 cm³/mol. The zero-order chi connectivity index (χ0) is 12.3. The molecule has 5 heteroatoms. The van der Waals surface area contributed by atoms with Crippen LogP contribution in [-0.2, 0) is 0 Å². The van der Waals surface area contributed by atoms with E-state index in [-0.39, 0.29) is 11.7 Å². The SMILES string of the molecule is COc1ccc(NC(=O)c2ccc(C)o2)cn1. The molecule has 2 rings (SSSR count). The summed E-state index contributed by atoms with van der Waals surface area (Å²) in [5.41, 5.74) is 0.588. The lowest BCUT2D eigenvalue weighted by atomic mass is 10.3. The summed E-state index contributed by atoms with van der Waals surface area (Å²) in [4.78, 5) is 15.7. The van der Waals surface area contributed by atoms with E-state index in [1.807, 2.05) is 0 Å². The lowest BCUT2D eigenvalue weighted by molar-refractivity contribution is 0.0995. The van der Waals surface area contributed by atoms with Gasteiger partial charge in [0.15, 0.2) is 5.76 Å². The number of carbonyl (C=O) groups excluding carboxylic acids is 1. The fraction of sp³-hybridized carbons (Fsp3) is 0.167. The van der Waals surface area contributed by atoms with Gasteiger partial charge in [-0.15, -0.1) is 0 Å². The average Bonchev–Trinajstić information content (AvgIpc) is 2.77. The van der Waals surface area contributed by atoms with Crippen LogP contribution in [0.4, 0.5) is 5.69 Å². The molecule has 0 aliphatic heterocycles. The van der Waals surface area contributed by atoms with Crippen molar-refractivity contribution >= 4 is 11.6 Å². The first kappa shape index (κ1) is 11.2. The molecule has 17 heavy (non-hydrogen) atoms. The minimum absolute atomic E-state index is 0.276. The molecule has 1 N–H and O–H groups in total. The van der Waals surface area contributed by atoms with Gasteiger partial charge in [0.25, 0.3) is 5.91 Å². The predicted octanol–water partition coefficient (Wildman–Crippen LogP) is 2.24. The number of furan rings is 1. The minimum Gasteiger partial charge on any atom is -0.481 e. The zero-order valence-electron chi connectivity index (χ0n) is 9.56.